The zero-order valence-electron chi connectivity index (χ0n) is 15.5. The molecule has 0 fully saturated rings. The highest BCUT2D eigenvalue weighted by Crippen LogP contribution is 2.17. The zero-order chi connectivity index (χ0) is 18.1. The van der Waals surface area contributed by atoms with Crippen LogP contribution in [0.3, 0.4) is 0 Å². The highest BCUT2D eigenvalue weighted by molar-refractivity contribution is 5.85. The number of hydrogen-bond donors (Lipinski definition) is 2. The molecule has 0 saturated heterocycles. The molecule has 27 heavy (non-hydrogen) atoms. The van der Waals surface area contributed by atoms with E-state index in [2.05, 4.69) is 43.9 Å². The average Bonchev–Trinajstić information content (AvgIpc) is 3.28. The number of nitrogens with zero attached hydrogens (tertiary/aromatic N) is 4. The van der Waals surface area contributed by atoms with E-state index in [0.717, 1.165) is 35.6 Å². The maximum atomic E-state index is 12.3. The Bertz CT molecular complexity index is 984. The summed E-state index contributed by atoms with van der Waals surface area (Å²) in [6.45, 7) is 6.35. The summed E-state index contributed by atoms with van der Waals surface area (Å²) in [4.78, 5) is 20.9. The molecule has 3 heterocycles. The van der Waals surface area contributed by atoms with E-state index in [4.69, 9.17) is 0 Å². The van der Waals surface area contributed by atoms with Gasteiger partial charge >= 0.3 is 0 Å². The van der Waals surface area contributed by atoms with E-state index < -0.39 is 0 Å². The molecule has 1 aromatic carbocycles. The number of fused-ring (bicyclic) bond motifs is 2. The number of benzene rings is 1. The van der Waals surface area contributed by atoms with E-state index in [-0.39, 0.29) is 18.3 Å². The van der Waals surface area contributed by atoms with Gasteiger partial charge in [0.05, 0.1) is 0 Å². The number of halogens is 1. The van der Waals surface area contributed by atoms with Crippen molar-refractivity contribution in [2.75, 3.05) is 0 Å². The highest BCUT2D eigenvalue weighted by Gasteiger charge is 2.13. The van der Waals surface area contributed by atoms with Crippen molar-refractivity contribution in [3.05, 3.63) is 58.2 Å². The number of carbonyl (C=O) groups excluding carboxylic acids is 1. The molecule has 0 saturated carbocycles. The van der Waals surface area contributed by atoms with Crippen LogP contribution in [0.5, 0.6) is 0 Å². The van der Waals surface area contributed by atoms with Crippen molar-refractivity contribution in [3.8, 4) is 0 Å². The van der Waals surface area contributed by atoms with Gasteiger partial charge < -0.3 is 10.6 Å². The summed E-state index contributed by atoms with van der Waals surface area (Å²) in [6.07, 6.45) is 2.56. The lowest BCUT2D eigenvalue weighted by molar-refractivity contribution is -0.121. The van der Waals surface area contributed by atoms with Gasteiger partial charge in [-0.25, -0.2) is 9.50 Å². The Kier molecular flexibility index (Phi) is 5.72. The van der Waals surface area contributed by atoms with Gasteiger partial charge in [0, 0.05) is 37.4 Å². The van der Waals surface area contributed by atoms with Gasteiger partial charge in [0.2, 0.25) is 5.91 Å². The van der Waals surface area contributed by atoms with Crippen LogP contribution in [0.15, 0.2) is 24.5 Å². The van der Waals surface area contributed by atoms with Gasteiger partial charge in [-0.1, -0.05) is 18.2 Å². The van der Waals surface area contributed by atoms with Gasteiger partial charge in [-0.15, -0.1) is 12.4 Å². The van der Waals surface area contributed by atoms with Crippen LogP contribution >= 0.6 is 12.4 Å². The Morgan fingerprint density at radius 1 is 1.26 bits per heavy atom. The third-order valence-corrected chi connectivity index (χ3v) is 4.98. The maximum absolute atomic E-state index is 12.3. The van der Waals surface area contributed by atoms with Gasteiger partial charge in [0.1, 0.15) is 6.33 Å². The minimum atomic E-state index is 0. The fourth-order valence-corrected chi connectivity index (χ4v) is 3.50. The molecule has 2 N–H and O–H groups in total. The Morgan fingerprint density at radius 3 is 2.93 bits per heavy atom. The van der Waals surface area contributed by atoms with Gasteiger partial charge in [-0.3, -0.25) is 4.79 Å². The summed E-state index contributed by atoms with van der Waals surface area (Å²) in [5.74, 6) is 0.639. The molecular weight excluding hydrogens is 364 g/mol. The van der Waals surface area contributed by atoms with Crippen LogP contribution in [0.1, 0.15) is 40.1 Å². The predicted molar refractivity (Wildman–Crippen MR) is 105 cm³/mol. The van der Waals surface area contributed by atoms with E-state index >= 15 is 0 Å². The molecule has 0 spiro atoms. The standard InChI is InChI=1S/C19H22N6O.ClH/c1-12-17(13(2)25-19(24-12)22-11-23-25)5-6-18(26)21-8-14-3-4-15-9-20-10-16(15)7-14;/h3-4,7,11,20H,5-6,8-10H2,1-2H3,(H,21,26);1H. The fraction of sp³-hybridized carbons (Fsp3) is 0.368. The van der Waals surface area contributed by atoms with Crippen molar-refractivity contribution < 1.29 is 4.79 Å². The van der Waals surface area contributed by atoms with Crippen molar-refractivity contribution in [1.82, 2.24) is 30.2 Å². The first-order valence-electron chi connectivity index (χ1n) is 8.86. The molecule has 1 aliphatic rings. The largest absolute Gasteiger partial charge is 0.352 e. The SMILES string of the molecule is Cc1nc2ncnn2c(C)c1CCC(=O)NCc1ccc2c(c1)CNC2.Cl. The van der Waals surface area contributed by atoms with E-state index in [9.17, 15) is 4.79 Å². The lowest BCUT2D eigenvalue weighted by atomic mass is 10.1. The third kappa shape index (κ3) is 3.94. The molecule has 1 amide bonds. The van der Waals surface area contributed by atoms with Crippen molar-refractivity contribution in [3.63, 3.8) is 0 Å². The molecule has 2 aromatic heterocycles. The lowest BCUT2D eigenvalue weighted by Gasteiger charge is -2.11. The first-order chi connectivity index (χ1) is 12.6. The first-order valence-corrected chi connectivity index (χ1v) is 8.86. The Balaban J connectivity index is 0.00000210. The third-order valence-electron chi connectivity index (χ3n) is 4.98. The summed E-state index contributed by atoms with van der Waals surface area (Å²) >= 11 is 0. The van der Waals surface area contributed by atoms with Gasteiger partial charge in [-0.05, 0) is 42.5 Å². The molecule has 1 aliphatic heterocycles. The second-order valence-electron chi connectivity index (χ2n) is 6.72. The molecule has 0 unspecified atom stereocenters. The number of amides is 1. The Morgan fingerprint density at radius 2 is 2.07 bits per heavy atom. The average molecular weight is 387 g/mol. The van der Waals surface area contributed by atoms with Crippen molar-refractivity contribution in [1.29, 1.82) is 0 Å². The monoisotopic (exact) mass is 386 g/mol. The van der Waals surface area contributed by atoms with E-state index in [0.29, 0.717) is 25.2 Å². The second-order valence-corrected chi connectivity index (χ2v) is 6.72. The maximum Gasteiger partial charge on any atom is 0.252 e. The van der Waals surface area contributed by atoms with Crippen LogP contribution in [0.25, 0.3) is 5.78 Å². The number of rotatable bonds is 5. The van der Waals surface area contributed by atoms with Gasteiger partial charge in [0.15, 0.2) is 0 Å². The number of aromatic nitrogens is 4. The summed E-state index contributed by atoms with van der Waals surface area (Å²) in [5.41, 5.74) is 6.77. The normalized spacial score (nSPS) is 12.7. The Hall–Kier alpha value is -2.51. The van der Waals surface area contributed by atoms with Crippen LogP contribution in [0, 0.1) is 13.8 Å². The number of carbonyl (C=O) groups is 1. The molecule has 0 radical (unpaired) electrons. The number of hydrogen-bond acceptors (Lipinski definition) is 5. The molecule has 0 atom stereocenters. The van der Waals surface area contributed by atoms with Crippen molar-refractivity contribution in [2.45, 2.75) is 46.3 Å². The van der Waals surface area contributed by atoms with Crippen LogP contribution in [0.2, 0.25) is 0 Å². The summed E-state index contributed by atoms with van der Waals surface area (Å²) < 4.78 is 1.72. The molecule has 4 rings (SSSR count). The molecule has 0 aliphatic carbocycles. The van der Waals surface area contributed by atoms with Crippen LogP contribution in [-0.2, 0) is 30.8 Å². The first kappa shape index (κ1) is 19.3. The minimum Gasteiger partial charge on any atom is -0.352 e. The quantitative estimate of drug-likeness (QED) is 0.700. The number of aryl methyl sites for hydroxylation is 2. The molecular formula is C19H23ClN6O. The second kappa shape index (κ2) is 8.02. The Labute approximate surface area is 164 Å². The summed E-state index contributed by atoms with van der Waals surface area (Å²) in [6, 6.07) is 6.40. The minimum absolute atomic E-state index is 0. The van der Waals surface area contributed by atoms with Crippen LogP contribution < -0.4 is 10.6 Å². The zero-order valence-corrected chi connectivity index (χ0v) is 16.3. The van der Waals surface area contributed by atoms with E-state index in [1.54, 1.807) is 4.52 Å². The smallest absolute Gasteiger partial charge is 0.252 e. The molecule has 7 nitrogen and oxygen atoms in total. The van der Waals surface area contributed by atoms with E-state index in [1.807, 2.05) is 13.8 Å². The van der Waals surface area contributed by atoms with Crippen LogP contribution in [0.4, 0.5) is 0 Å². The summed E-state index contributed by atoms with van der Waals surface area (Å²) in [5, 5.41) is 10.5. The van der Waals surface area contributed by atoms with E-state index in [1.165, 1.54) is 17.5 Å². The number of nitrogens with one attached hydrogen (secondary N) is 2. The van der Waals surface area contributed by atoms with Crippen molar-refractivity contribution in [2.24, 2.45) is 0 Å². The van der Waals surface area contributed by atoms with Crippen molar-refractivity contribution >= 4 is 24.1 Å². The highest BCUT2D eigenvalue weighted by atomic mass is 35.5. The molecule has 0 bridgehead atoms. The van der Waals surface area contributed by atoms with Gasteiger partial charge in [0.25, 0.3) is 5.78 Å². The molecule has 8 heteroatoms. The topological polar surface area (TPSA) is 84.2 Å². The summed E-state index contributed by atoms with van der Waals surface area (Å²) in [7, 11) is 0. The fourth-order valence-electron chi connectivity index (χ4n) is 3.50. The molecule has 3 aromatic rings. The lowest BCUT2D eigenvalue weighted by Crippen LogP contribution is -2.23. The van der Waals surface area contributed by atoms with Crippen LogP contribution in [-0.4, -0.2) is 25.5 Å². The molecule has 142 valence electrons. The van der Waals surface area contributed by atoms with Gasteiger partial charge in [-0.2, -0.15) is 10.1 Å². The predicted octanol–water partition coefficient (Wildman–Crippen LogP) is 2.02.